The fraction of sp³-hybridized carbons (Fsp3) is 0. The van der Waals surface area contributed by atoms with Crippen LogP contribution in [0.1, 0.15) is 62.1 Å². The van der Waals surface area contributed by atoms with Gasteiger partial charge in [0.15, 0.2) is 0 Å². The summed E-state index contributed by atoms with van der Waals surface area (Å²) in [6.45, 7) is 0. The van der Waals surface area contributed by atoms with E-state index in [0.29, 0.717) is 0 Å². The van der Waals surface area contributed by atoms with E-state index in [0.717, 1.165) is 36.4 Å². The molecule has 0 aliphatic carbocycles. The van der Waals surface area contributed by atoms with E-state index in [2.05, 4.69) is 0 Å². The van der Waals surface area contributed by atoms with Gasteiger partial charge in [0.1, 0.15) is 0 Å². The van der Waals surface area contributed by atoms with Crippen molar-refractivity contribution in [2.24, 2.45) is 0 Å². The minimum absolute atomic E-state index is 0. The van der Waals surface area contributed by atoms with Gasteiger partial charge in [-0.05, 0) is 12.1 Å². The summed E-state index contributed by atoms with van der Waals surface area (Å²) in [5, 5.41) is 55.7. The normalized spacial score (nSPS) is 7.02. The van der Waals surface area contributed by atoms with Crippen LogP contribution in [0.25, 0.3) is 0 Å². The first kappa shape index (κ1) is 70.7. The molecule has 0 bridgehead atoms. The summed E-state index contributed by atoms with van der Waals surface area (Å²) in [6, 6.07) is 6.26. The van der Waals surface area contributed by atoms with E-state index < -0.39 is 69.2 Å². The topological polar surface area (TPSA) is 553 Å². The van der Waals surface area contributed by atoms with E-state index in [1.54, 1.807) is 0 Å². The van der Waals surface area contributed by atoms with Gasteiger partial charge in [0.25, 0.3) is 0 Å². The number of benzene rings is 2. The third kappa shape index (κ3) is 17.5. The van der Waals surface area contributed by atoms with E-state index in [-0.39, 0.29) is 71.3 Å². The number of carbonyl (C=O) groups excluding carboxylic acids is 2. The Morgan fingerprint density at radius 1 is 0.439 bits per heavy atom. The molecule has 2 aromatic carbocycles. The quantitative estimate of drug-likeness (QED) is 0.165. The van der Waals surface area contributed by atoms with Crippen molar-refractivity contribution in [3.63, 3.8) is 0 Å². The smallest absolute Gasteiger partial charge is 0.545 e. The minimum atomic E-state index is -1.73. The predicted octanol–water partition coefficient (Wildman–Crippen LogP) is -9.94. The molecule has 22 nitrogen and oxygen atoms in total. The average Bonchev–Trinajstić information content (AvgIpc) is 2.66. The van der Waals surface area contributed by atoms with Gasteiger partial charge in [-0.25, -0.2) is 19.2 Å². The molecule has 0 aliphatic heterocycles. The fourth-order valence-electron chi connectivity index (χ4n) is 2.26. The van der Waals surface area contributed by atoms with E-state index in [1.807, 2.05) is 0 Å². The molecule has 41 heavy (non-hydrogen) atoms. The van der Waals surface area contributed by atoms with Crippen molar-refractivity contribution in [2.45, 2.75) is 0 Å². The zero-order chi connectivity index (χ0) is 23.2. The Labute approximate surface area is 236 Å². The van der Waals surface area contributed by atoms with Crippen LogP contribution >= 0.6 is 0 Å². The van der Waals surface area contributed by atoms with E-state index in [9.17, 15) is 39.0 Å². The Kier molecular flexibility index (Phi) is 51.6. The number of carboxylic acids is 6. The molecule has 0 aromatic heterocycles. The van der Waals surface area contributed by atoms with E-state index in [4.69, 9.17) is 20.4 Å². The van der Waals surface area contributed by atoms with Crippen LogP contribution in [0.4, 0.5) is 0 Å². The van der Waals surface area contributed by atoms with Crippen LogP contribution in [0, 0.1) is 0 Å². The third-order valence-corrected chi connectivity index (χ3v) is 3.46. The van der Waals surface area contributed by atoms with Gasteiger partial charge in [0, 0.05) is 11.1 Å². The molecule has 0 spiro atoms. The molecule has 0 saturated heterocycles. The molecule has 0 unspecified atom stereocenters. The summed E-state index contributed by atoms with van der Waals surface area (Å²) in [5.41, 5.74) is -4.01. The van der Waals surface area contributed by atoms with Gasteiger partial charge in [0.05, 0.1) is 34.2 Å². The van der Waals surface area contributed by atoms with Gasteiger partial charge >= 0.3 is 40.4 Å². The average molecular weight is 663 g/mol. The monoisotopic (exact) mass is 662 g/mol. The standard InChI is InChI=1S/2C9H6O6.Ni.10H2O/c2*10-7(11)4-2-1-3-5(8(12)13)6(4)9(14)15;;;;;;;;;;;/h2*1-3H,(H,10,11)(H,12,13)(H,14,15);;10*1H2/q;;+2;;;;;;;;;;/p+4. The number of aromatic carboxylic acids is 6. The van der Waals surface area contributed by atoms with Crippen molar-refractivity contribution in [1.82, 2.24) is 0 Å². The maximum absolute atomic E-state index is 10.7. The minimum Gasteiger partial charge on any atom is -0.545 e. The summed E-state index contributed by atoms with van der Waals surface area (Å²) >= 11 is 0. The van der Waals surface area contributed by atoms with Gasteiger partial charge < -0.3 is 95.0 Å². The number of hydrogen-bond acceptors (Lipinski definition) is 8. The second-order valence-electron chi connectivity index (χ2n) is 5.25. The van der Waals surface area contributed by atoms with Crippen molar-refractivity contribution >= 4 is 35.8 Å². The van der Waals surface area contributed by atoms with Crippen LogP contribution in [-0.2, 0) is 49.3 Å². The Morgan fingerprint density at radius 3 is 0.780 bits per heavy atom. The Morgan fingerprint density at radius 2 is 0.634 bits per heavy atom. The second-order valence-corrected chi connectivity index (χ2v) is 5.25. The molecule has 0 atom stereocenters. The van der Waals surface area contributed by atoms with Gasteiger partial charge in [-0.1, -0.05) is 24.3 Å². The van der Waals surface area contributed by atoms with Crippen molar-refractivity contribution in [1.29, 1.82) is 0 Å². The van der Waals surface area contributed by atoms with Gasteiger partial charge in [0.2, 0.25) is 0 Å². The molecule has 0 heterocycles. The van der Waals surface area contributed by atoms with E-state index in [1.165, 1.54) is 0 Å². The summed E-state index contributed by atoms with van der Waals surface area (Å²) in [5.74, 6) is -9.70. The van der Waals surface area contributed by atoms with E-state index >= 15 is 0 Å². The summed E-state index contributed by atoms with van der Waals surface area (Å²) in [4.78, 5) is 63.7. The maximum atomic E-state index is 10.7. The molecule has 0 aliphatic rings. The molecule has 2 rings (SSSR count). The second kappa shape index (κ2) is 29.9. The number of hydrogen-bond donors (Lipinski definition) is 4. The maximum Gasteiger partial charge on any atom is 2.00 e. The summed E-state index contributed by atoms with van der Waals surface area (Å²) in [7, 11) is 0. The van der Waals surface area contributed by atoms with Crippen molar-refractivity contribution in [2.75, 3.05) is 0 Å². The number of carbonyl (C=O) groups is 6. The van der Waals surface area contributed by atoms with Crippen molar-refractivity contribution < 1.29 is 131 Å². The van der Waals surface area contributed by atoms with Crippen LogP contribution in [0.3, 0.4) is 0 Å². The zero-order valence-corrected chi connectivity index (χ0v) is 21.3. The molecular weight excluding hydrogens is 627 g/mol. The van der Waals surface area contributed by atoms with Crippen LogP contribution < -0.4 is 10.2 Å². The Bertz CT molecular complexity index is 934. The molecule has 0 amide bonds. The SMILES string of the molecule is O.O.O.O.O=C([O-])c1cccc(C(=O)O)c1C(=O)O.O=C([O-])c1cccc(C(=O)O)c1C(=O)O.[Ni+2].[OH3+].[OH3+].[OH3+].[OH3+].[OH3+].[OH3+]. The first-order chi connectivity index (χ1) is 13.9. The predicted molar refractivity (Wildman–Crippen MR) is 133 cm³/mol. The third-order valence-electron chi connectivity index (χ3n) is 3.46. The first-order valence-corrected chi connectivity index (χ1v) is 7.52. The van der Waals surface area contributed by atoms with Crippen LogP contribution in [-0.4, -0.2) is 78.1 Å². The molecule has 0 fully saturated rings. The number of rotatable bonds is 6. The molecule has 23 heteroatoms. The molecule has 244 valence electrons. The van der Waals surface area contributed by atoms with Gasteiger partial charge in [-0.3, -0.25) is 0 Å². The largest absolute Gasteiger partial charge is 2.00 e. The van der Waals surface area contributed by atoms with Crippen LogP contribution in [0.15, 0.2) is 36.4 Å². The summed E-state index contributed by atoms with van der Waals surface area (Å²) in [6.07, 6.45) is 0. The van der Waals surface area contributed by atoms with Crippen LogP contribution in [0.5, 0.6) is 0 Å². The Balaban J connectivity index is -0.0000000385. The molecular formula is C18H36NiO22+6. The summed E-state index contributed by atoms with van der Waals surface area (Å²) < 4.78 is 0. The van der Waals surface area contributed by atoms with Gasteiger partial charge in [-0.15, -0.1) is 0 Å². The molecule has 30 N–H and O–H groups in total. The zero-order valence-electron chi connectivity index (χ0n) is 20.3. The van der Waals surface area contributed by atoms with Crippen molar-refractivity contribution in [3.05, 3.63) is 69.8 Å². The van der Waals surface area contributed by atoms with Crippen LogP contribution in [0.2, 0.25) is 0 Å². The van der Waals surface area contributed by atoms with Gasteiger partial charge in [-0.2, -0.15) is 0 Å². The molecule has 0 saturated carbocycles. The van der Waals surface area contributed by atoms with Crippen molar-refractivity contribution in [3.8, 4) is 0 Å². The number of carboxylic acid groups (broad SMARTS) is 6. The first-order valence-electron chi connectivity index (χ1n) is 7.52. The fourth-order valence-corrected chi connectivity index (χ4v) is 2.26. The molecule has 0 radical (unpaired) electrons. The molecule has 2 aromatic rings. The Hall–Kier alpha value is -4.65.